The van der Waals surface area contributed by atoms with Gasteiger partial charge >= 0.3 is 0 Å². The Morgan fingerprint density at radius 2 is 0.852 bits per heavy atom. The Morgan fingerprint density at radius 3 is 1.26 bits per heavy atom. The first-order valence-electron chi connectivity index (χ1n) is 20.8. The Labute approximate surface area is 360 Å². The van der Waals surface area contributed by atoms with Crippen molar-refractivity contribution in [1.29, 1.82) is 0 Å². The molecule has 354 valence electrons. The molecular weight excluding hydrogens is 810 g/mol. The van der Waals surface area contributed by atoms with Gasteiger partial charge in [-0.05, 0) is 5.41 Å². The number of hydrogen-bond acceptors (Lipinski definition) is 16. The van der Waals surface area contributed by atoms with Crippen LogP contribution in [0.15, 0.2) is 0 Å². The van der Waals surface area contributed by atoms with Crippen molar-refractivity contribution in [2.45, 2.75) is 39.7 Å². The predicted octanol–water partition coefficient (Wildman–Crippen LogP) is -3.60. The molecule has 1 atom stereocenters. The van der Waals surface area contributed by atoms with Crippen LogP contribution in [0.4, 0.5) is 0 Å². The number of carbonyl (C=O) groups is 7. The van der Waals surface area contributed by atoms with Crippen LogP contribution >= 0.6 is 0 Å². The summed E-state index contributed by atoms with van der Waals surface area (Å²) >= 11 is 0. The van der Waals surface area contributed by atoms with Crippen LogP contribution in [0.1, 0.15) is 35.0 Å². The Kier molecular flexibility index (Phi) is 35.0. The van der Waals surface area contributed by atoms with Gasteiger partial charge in [-0.15, -0.1) is 0 Å². The van der Waals surface area contributed by atoms with Crippen molar-refractivity contribution in [3.8, 4) is 0 Å². The molecule has 0 aromatic rings. The number of nitrogens with one attached hydrogen (secondary N) is 7. The summed E-state index contributed by atoms with van der Waals surface area (Å²) in [5, 5.41) is 16.9. The zero-order valence-electron chi connectivity index (χ0n) is 37.3. The van der Waals surface area contributed by atoms with Crippen molar-refractivity contribution in [3.63, 3.8) is 0 Å². The van der Waals surface area contributed by atoms with E-state index in [0.717, 1.165) is 0 Å². The third-order valence-electron chi connectivity index (χ3n) is 7.30. The second kappa shape index (κ2) is 38.8. The zero-order valence-corrected chi connectivity index (χ0v) is 36.3. The van der Waals surface area contributed by atoms with Gasteiger partial charge in [0.1, 0.15) is 6.04 Å². The van der Waals surface area contributed by atoms with Crippen LogP contribution in [-0.4, -0.2) is 207 Å². The Hall–Kier alpha value is -4.07. The largest absolute Gasteiger partial charge is 0.382 e. The molecule has 23 nitrogen and oxygen atoms in total. The maximum Gasteiger partial charge on any atom is 0.245 e. The predicted molar refractivity (Wildman–Crippen MR) is 218 cm³/mol. The molecule has 0 rings (SSSR count). The molecule has 0 saturated heterocycles. The Morgan fingerprint density at radius 1 is 0.459 bits per heavy atom. The van der Waals surface area contributed by atoms with Crippen LogP contribution in [0, 0.1) is 5.41 Å². The number of carbonyl (C=O) groups excluding carboxylic acids is 7. The first-order chi connectivity index (χ1) is 29.8. The zero-order chi connectivity index (χ0) is 46.1. The maximum absolute atomic E-state index is 12.6. The first kappa shape index (κ1) is 54.9. The average molecular weight is 883 g/mol. The Bertz CT molecular complexity index is 1250. The molecule has 0 spiro atoms. The molecule has 7 amide bonds. The van der Waals surface area contributed by atoms with Crippen LogP contribution in [-0.2, 0) is 76.2 Å². The van der Waals surface area contributed by atoms with Crippen LogP contribution in [0.5, 0.6) is 0 Å². The van der Waals surface area contributed by atoms with Crippen molar-refractivity contribution in [3.05, 3.63) is 0 Å². The summed E-state index contributed by atoms with van der Waals surface area (Å²) in [5.41, 5.74) is -0.190. The fourth-order valence-electron chi connectivity index (χ4n) is 4.33. The van der Waals surface area contributed by atoms with Crippen LogP contribution in [0.25, 0.3) is 0 Å². The van der Waals surface area contributed by atoms with Crippen LogP contribution in [0.3, 0.4) is 0 Å². The van der Waals surface area contributed by atoms with Gasteiger partial charge in [0.25, 0.3) is 0 Å². The molecule has 0 radical (unpaired) electrons. The maximum atomic E-state index is 12.6. The minimum atomic E-state index is -1.16. The van der Waals surface area contributed by atoms with Crippen molar-refractivity contribution >= 4 is 41.4 Å². The van der Waals surface area contributed by atoms with Crippen molar-refractivity contribution in [2.75, 3.05) is 159 Å². The lowest BCUT2D eigenvalue weighted by molar-refractivity contribution is -0.131. The normalized spacial score (nSPS) is 11.8. The second-order valence-electron chi connectivity index (χ2n) is 14.0. The van der Waals surface area contributed by atoms with E-state index >= 15 is 0 Å². The van der Waals surface area contributed by atoms with E-state index in [2.05, 4.69) is 37.2 Å². The molecule has 0 aromatic carbocycles. The smallest absolute Gasteiger partial charge is 0.245 e. The lowest BCUT2D eigenvalue weighted by Gasteiger charge is -2.18. The highest BCUT2D eigenvalue weighted by Gasteiger charge is 2.21. The molecular formula is C38H71N7O16. The number of ether oxygens (including phenoxy) is 9. The molecule has 0 aromatic heterocycles. The highest BCUT2D eigenvalue weighted by molar-refractivity contribution is 5.92. The van der Waals surface area contributed by atoms with Gasteiger partial charge in [-0.3, -0.25) is 33.6 Å². The monoisotopic (exact) mass is 883 g/mol. The van der Waals surface area contributed by atoms with E-state index in [9.17, 15) is 33.6 Å². The third kappa shape index (κ3) is 39.8. The van der Waals surface area contributed by atoms with E-state index in [0.29, 0.717) is 92.3 Å². The summed E-state index contributed by atoms with van der Waals surface area (Å²) in [6.45, 7) is 10.0. The lowest BCUT2D eigenvalue weighted by atomic mass is 9.92. The van der Waals surface area contributed by atoms with E-state index in [1.807, 2.05) is 20.8 Å². The highest BCUT2D eigenvalue weighted by Crippen LogP contribution is 2.17. The fourth-order valence-corrected chi connectivity index (χ4v) is 4.33. The van der Waals surface area contributed by atoms with E-state index in [1.165, 1.54) is 0 Å². The van der Waals surface area contributed by atoms with E-state index in [1.54, 1.807) is 7.11 Å². The topological polar surface area (TPSA) is 287 Å². The van der Waals surface area contributed by atoms with Crippen molar-refractivity contribution in [2.24, 2.45) is 5.41 Å². The molecule has 0 fully saturated rings. The standard InChI is InChI=1S/C38H71N7O16/c1-38(2,3)24-32(47)39-7-6-31(46)41-25-33(48)42-26-34(49)43-27-35(50)44-28-36(51)45-30(29-54-5)37(52)40-8-9-55-12-13-57-16-17-59-20-21-61-23-22-60-19-18-58-15-14-56-11-10-53-4/h30H,6-29H2,1-5H3,(H,39,47)(H,40,52)(H,41,46)(H,42,48)(H,43,49)(H,44,50)(H,45,51)/i5D. The molecule has 61 heavy (non-hydrogen) atoms. The number of amides is 7. The summed E-state index contributed by atoms with van der Waals surface area (Å²) in [4.78, 5) is 84.9. The molecule has 0 aliphatic heterocycles. The Balaban J connectivity index is 3.93. The highest BCUT2D eigenvalue weighted by atomic mass is 16.6. The summed E-state index contributed by atoms with van der Waals surface area (Å²) < 4.78 is 54.9. The van der Waals surface area contributed by atoms with Gasteiger partial charge < -0.3 is 79.8 Å². The summed E-state index contributed by atoms with van der Waals surface area (Å²) in [6.07, 6.45) is 0.276. The van der Waals surface area contributed by atoms with Crippen LogP contribution < -0.4 is 37.2 Å². The molecule has 0 bridgehead atoms. The third-order valence-corrected chi connectivity index (χ3v) is 7.30. The van der Waals surface area contributed by atoms with E-state index in [4.69, 9.17) is 44.0 Å². The fraction of sp³-hybridized carbons (Fsp3) is 0.816. The van der Waals surface area contributed by atoms with Crippen molar-refractivity contribution in [1.82, 2.24) is 37.2 Å². The first-order valence-corrected chi connectivity index (χ1v) is 20.1. The van der Waals surface area contributed by atoms with Gasteiger partial charge in [0.15, 0.2) is 0 Å². The van der Waals surface area contributed by atoms with E-state index in [-0.39, 0.29) is 50.7 Å². The van der Waals surface area contributed by atoms with Crippen molar-refractivity contribution < 1.29 is 77.6 Å². The minimum Gasteiger partial charge on any atom is -0.382 e. The summed E-state index contributed by atoms with van der Waals surface area (Å²) in [5.74, 6) is -4.06. The average Bonchev–Trinajstić information content (AvgIpc) is 3.22. The number of rotatable bonds is 40. The molecule has 0 aliphatic rings. The molecule has 7 N–H and O–H groups in total. The van der Waals surface area contributed by atoms with Crippen LogP contribution in [0.2, 0.25) is 0 Å². The molecule has 1 unspecified atom stereocenters. The number of methoxy groups -OCH3 is 2. The summed E-state index contributed by atoms with van der Waals surface area (Å²) in [6, 6.07) is -1.16. The molecule has 0 heterocycles. The van der Waals surface area contributed by atoms with Gasteiger partial charge in [-0.1, -0.05) is 20.8 Å². The second-order valence-corrected chi connectivity index (χ2v) is 14.0. The molecule has 0 saturated carbocycles. The van der Waals surface area contributed by atoms with Gasteiger partial charge in [-0.25, -0.2) is 0 Å². The lowest BCUT2D eigenvalue weighted by Crippen LogP contribution is -2.52. The van der Waals surface area contributed by atoms with Gasteiger partial charge in [0, 0.05) is 40.1 Å². The quantitative estimate of drug-likeness (QED) is 0.0293. The van der Waals surface area contributed by atoms with E-state index < -0.39 is 74.7 Å². The van der Waals surface area contributed by atoms with Gasteiger partial charge in [0.2, 0.25) is 41.4 Å². The van der Waals surface area contributed by atoms with Gasteiger partial charge in [0.05, 0.1) is 133 Å². The minimum absolute atomic E-state index is 0.0294. The molecule has 23 heteroatoms. The SMILES string of the molecule is [2H]COCC(NC(=O)CNC(=O)CNC(=O)CNC(=O)CNC(=O)CCNC(=O)CC(C)(C)C)C(=O)NCCOCCOCCOCCOCCOCCOCCOCCOC. The number of hydrogen-bond donors (Lipinski definition) is 7. The summed E-state index contributed by atoms with van der Waals surface area (Å²) in [7, 11) is 1.17. The van der Waals surface area contributed by atoms with Gasteiger partial charge in [-0.2, -0.15) is 0 Å². The molecule has 0 aliphatic carbocycles.